The Hall–Kier alpha value is -1.79. The zero-order valence-corrected chi connectivity index (χ0v) is 12.6. The molecule has 3 rings (SSSR count). The molecule has 2 aliphatic rings. The third-order valence-electron chi connectivity index (χ3n) is 4.02. The van der Waals surface area contributed by atoms with E-state index in [2.05, 4.69) is 16.2 Å². The first-order chi connectivity index (χ1) is 10.8. The standard InChI is InChI=1S/C16H23N3O3/c20-16(7-3-4-12-8-18-19-9-12)17-10-13-11-21-14-5-1-2-6-15(14)22-13/h1-2,5-6,12-13,18-19H,3-4,7-11H2,(H,17,20). The molecule has 1 aromatic carbocycles. The first-order valence-corrected chi connectivity index (χ1v) is 7.92. The molecule has 1 amide bonds. The van der Waals surface area contributed by atoms with Gasteiger partial charge in [0.1, 0.15) is 12.7 Å². The minimum Gasteiger partial charge on any atom is -0.486 e. The van der Waals surface area contributed by atoms with Crippen LogP contribution in [0.15, 0.2) is 24.3 Å². The summed E-state index contributed by atoms with van der Waals surface area (Å²) in [6.45, 7) is 2.94. The van der Waals surface area contributed by atoms with Crippen molar-refractivity contribution in [3.05, 3.63) is 24.3 Å². The maximum Gasteiger partial charge on any atom is 0.220 e. The number of carbonyl (C=O) groups excluding carboxylic acids is 1. The van der Waals surface area contributed by atoms with Crippen LogP contribution in [0.5, 0.6) is 11.5 Å². The summed E-state index contributed by atoms with van der Waals surface area (Å²) in [6, 6.07) is 7.60. The lowest BCUT2D eigenvalue weighted by atomic mass is 10.0. The number of ether oxygens (including phenoxy) is 2. The number of para-hydroxylation sites is 2. The summed E-state index contributed by atoms with van der Waals surface area (Å²) in [6.07, 6.45) is 2.44. The predicted octanol–water partition coefficient (Wildman–Crippen LogP) is 0.837. The van der Waals surface area contributed by atoms with Gasteiger partial charge in [0.2, 0.25) is 5.91 Å². The molecule has 0 radical (unpaired) electrons. The van der Waals surface area contributed by atoms with Crippen LogP contribution in [0.3, 0.4) is 0 Å². The Kier molecular flexibility index (Phi) is 5.13. The van der Waals surface area contributed by atoms with E-state index >= 15 is 0 Å². The van der Waals surface area contributed by atoms with Crippen LogP contribution in [0.1, 0.15) is 19.3 Å². The van der Waals surface area contributed by atoms with Gasteiger partial charge in [-0.1, -0.05) is 12.1 Å². The van der Waals surface area contributed by atoms with E-state index in [1.807, 2.05) is 24.3 Å². The average Bonchev–Trinajstić information content (AvgIpc) is 3.06. The summed E-state index contributed by atoms with van der Waals surface area (Å²) in [5.74, 6) is 2.24. The lowest BCUT2D eigenvalue weighted by Gasteiger charge is -2.26. The van der Waals surface area contributed by atoms with Crippen molar-refractivity contribution in [3.63, 3.8) is 0 Å². The number of hydrazine groups is 1. The normalized spacial score (nSPS) is 20.8. The molecule has 1 aromatic rings. The molecule has 2 heterocycles. The molecule has 0 aromatic heterocycles. The van der Waals surface area contributed by atoms with Crippen LogP contribution in [-0.2, 0) is 4.79 Å². The lowest BCUT2D eigenvalue weighted by molar-refractivity contribution is -0.121. The minimum absolute atomic E-state index is 0.0846. The van der Waals surface area contributed by atoms with E-state index in [1.54, 1.807) is 0 Å². The molecule has 1 atom stereocenters. The van der Waals surface area contributed by atoms with Crippen LogP contribution in [-0.4, -0.2) is 38.3 Å². The minimum atomic E-state index is -0.123. The van der Waals surface area contributed by atoms with Crippen molar-refractivity contribution in [3.8, 4) is 11.5 Å². The maximum atomic E-state index is 11.9. The van der Waals surface area contributed by atoms with Gasteiger partial charge in [-0.3, -0.25) is 15.6 Å². The van der Waals surface area contributed by atoms with E-state index in [0.717, 1.165) is 37.4 Å². The molecular formula is C16H23N3O3. The van der Waals surface area contributed by atoms with Crippen molar-refractivity contribution < 1.29 is 14.3 Å². The van der Waals surface area contributed by atoms with Crippen molar-refractivity contribution in [2.24, 2.45) is 5.92 Å². The first kappa shape index (κ1) is 15.1. The Labute approximate surface area is 130 Å². The van der Waals surface area contributed by atoms with E-state index in [-0.39, 0.29) is 12.0 Å². The molecule has 3 N–H and O–H groups in total. The molecular weight excluding hydrogens is 282 g/mol. The van der Waals surface area contributed by atoms with E-state index in [0.29, 0.717) is 25.5 Å². The SMILES string of the molecule is O=C(CCCC1CNNC1)NCC1COc2ccccc2O1. The molecule has 1 unspecified atom stereocenters. The second-order valence-electron chi connectivity index (χ2n) is 5.82. The average molecular weight is 305 g/mol. The summed E-state index contributed by atoms with van der Waals surface area (Å²) in [5.41, 5.74) is 6.21. The first-order valence-electron chi connectivity index (χ1n) is 7.92. The fourth-order valence-electron chi connectivity index (χ4n) is 2.74. The summed E-state index contributed by atoms with van der Waals surface area (Å²) in [5, 5.41) is 2.93. The van der Waals surface area contributed by atoms with Crippen LogP contribution in [0.25, 0.3) is 0 Å². The summed E-state index contributed by atoms with van der Waals surface area (Å²) < 4.78 is 11.4. The molecule has 22 heavy (non-hydrogen) atoms. The quantitative estimate of drug-likeness (QED) is 0.726. The number of hydrogen-bond acceptors (Lipinski definition) is 5. The number of hydrogen-bond donors (Lipinski definition) is 3. The third kappa shape index (κ3) is 4.11. The number of benzene rings is 1. The van der Waals surface area contributed by atoms with Crippen LogP contribution in [0.2, 0.25) is 0 Å². The Morgan fingerprint density at radius 3 is 2.82 bits per heavy atom. The van der Waals surface area contributed by atoms with Crippen molar-refractivity contribution >= 4 is 5.91 Å². The summed E-state index contributed by atoms with van der Waals surface area (Å²) >= 11 is 0. The number of rotatable bonds is 6. The van der Waals surface area contributed by atoms with E-state index in [9.17, 15) is 4.79 Å². The number of nitrogens with one attached hydrogen (secondary N) is 3. The molecule has 0 bridgehead atoms. The zero-order valence-electron chi connectivity index (χ0n) is 12.6. The van der Waals surface area contributed by atoms with Crippen molar-refractivity contribution in [1.82, 2.24) is 16.2 Å². The van der Waals surface area contributed by atoms with Gasteiger partial charge in [-0.2, -0.15) is 0 Å². The van der Waals surface area contributed by atoms with Gasteiger partial charge in [0.15, 0.2) is 11.5 Å². The highest BCUT2D eigenvalue weighted by molar-refractivity contribution is 5.75. The highest BCUT2D eigenvalue weighted by Gasteiger charge is 2.21. The van der Waals surface area contributed by atoms with E-state index in [4.69, 9.17) is 9.47 Å². The summed E-state index contributed by atoms with van der Waals surface area (Å²) in [4.78, 5) is 11.9. The molecule has 1 fully saturated rings. The maximum absolute atomic E-state index is 11.9. The van der Waals surface area contributed by atoms with Gasteiger partial charge in [-0.05, 0) is 30.9 Å². The van der Waals surface area contributed by atoms with Gasteiger partial charge >= 0.3 is 0 Å². The van der Waals surface area contributed by atoms with Gasteiger partial charge in [-0.25, -0.2) is 0 Å². The number of fused-ring (bicyclic) bond motifs is 1. The fourth-order valence-corrected chi connectivity index (χ4v) is 2.74. The highest BCUT2D eigenvalue weighted by Crippen LogP contribution is 2.30. The Balaban J connectivity index is 1.33. The predicted molar refractivity (Wildman–Crippen MR) is 82.7 cm³/mol. The number of amides is 1. The lowest BCUT2D eigenvalue weighted by Crippen LogP contribution is -2.40. The molecule has 2 aliphatic heterocycles. The highest BCUT2D eigenvalue weighted by atomic mass is 16.6. The van der Waals surface area contributed by atoms with E-state index < -0.39 is 0 Å². The topological polar surface area (TPSA) is 71.6 Å². The van der Waals surface area contributed by atoms with Crippen LogP contribution in [0, 0.1) is 5.92 Å². The van der Waals surface area contributed by atoms with Crippen molar-refractivity contribution in [2.45, 2.75) is 25.4 Å². The van der Waals surface area contributed by atoms with Gasteiger partial charge < -0.3 is 14.8 Å². The molecule has 1 saturated heterocycles. The molecule has 6 nitrogen and oxygen atoms in total. The third-order valence-corrected chi connectivity index (χ3v) is 4.02. The number of carbonyl (C=O) groups is 1. The molecule has 120 valence electrons. The van der Waals surface area contributed by atoms with Crippen LogP contribution in [0.4, 0.5) is 0 Å². The Bertz CT molecular complexity index is 503. The van der Waals surface area contributed by atoms with Crippen LogP contribution < -0.4 is 25.6 Å². The Morgan fingerprint density at radius 1 is 1.23 bits per heavy atom. The smallest absolute Gasteiger partial charge is 0.220 e. The zero-order chi connectivity index (χ0) is 15.2. The van der Waals surface area contributed by atoms with Crippen LogP contribution >= 0.6 is 0 Å². The van der Waals surface area contributed by atoms with Gasteiger partial charge in [-0.15, -0.1) is 0 Å². The largest absolute Gasteiger partial charge is 0.486 e. The molecule has 6 heteroatoms. The molecule has 0 spiro atoms. The van der Waals surface area contributed by atoms with Crippen molar-refractivity contribution in [1.29, 1.82) is 0 Å². The molecule has 0 aliphatic carbocycles. The van der Waals surface area contributed by atoms with Gasteiger partial charge in [0.05, 0.1) is 6.54 Å². The second-order valence-corrected chi connectivity index (χ2v) is 5.82. The van der Waals surface area contributed by atoms with Crippen molar-refractivity contribution in [2.75, 3.05) is 26.2 Å². The van der Waals surface area contributed by atoms with Gasteiger partial charge in [0.25, 0.3) is 0 Å². The van der Waals surface area contributed by atoms with Gasteiger partial charge in [0, 0.05) is 19.5 Å². The van der Waals surface area contributed by atoms with E-state index in [1.165, 1.54) is 0 Å². The Morgan fingerprint density at radius 2 is 2.00 bits per heavy atom. The monoisotopic (exact) mass is 305 g/mol. The summed E-state index contributed by atoms with van der Waals surface area (Å²) in [7, 11) is 0. The molecule has 0 saturated carbocycles. The second kappa shape index (κ2) is 7.47. The fraction of sp³-hybridized carbons (Fsp3) is 0.562.